The zero-order valence-corrected chi connectivity index (χ0v) is 12.8. The summed E-state index contributed by atoms with van der Waals surface area (Å²) in [6, 6.07) is 10.7. The second kappa shape index (κ2) is 7.77. The van der Waals surface area contributed by atoms with Crippen LogP contribution in [0.15, 0.2) is 30.3 Å². The Hall–Kier alpha value is -0.900. The fourth-order valence-corrected chi connectivity index (χ4v) is 3.16. The highest BCUT2D eigenvalue weighted by molar-refractivity contribution is 5.19. The van der Waals surface area contributed by atoms with E-state index in [1.807, 2.05) is 18.2 Å². The van der Waals surface area contributed by atoms with Crippen LogP contribution in [0, 0.1) is 5.92 Å². The lowest BCUT2D eigenvalue weighted by atomic mass is 9.89. The number of hydrogen-bond donors (Lipinski definition) is 2. The summed E-state index contributed by atoms with van der Waals surface area (Å²) >= 11 is 0. The molecule has 1 aliphatic heterocycles. The molecule has 112 valence electrons. The SMILES string of the molecule is CCN1CCC(C(C)NC(CO)c2ccccc2)CC1. The smallest absolute Gasteiger partial charge is 0.0626 e. The summed E-state index contributed by atoms with van der Waals surface area (Å²) in [6.45, 7) is 8.24. The summed E-state index contributed by atoms with van der Waals surface area (Å²) in [5, 5.41) is 13.3. The maximum atomic E-state index is 9.64. The van der Waals surface area contributed by atoms with Crippen LogP contribution >= 0.6 is 0 Å². The number of aliphatic hydroxyl groups excluding tert-OH is 1. The van der Waals surface area contributed by atoms with Gasteiger partial charge >= 0.3 is 0 Å². The van der Waals surface area contributed by atoms with Crippen molar-refractivity contribution in [3.05, 3.63) is 35.9 Å². The fourth-order valence-electron chi connectivity index (χ4n) is 3.16. The number of likely N-dealkylation sites (tertiary alicyclic amines) is 1. The van der Waals surface area contributed by atoms with E-state index < -0.39 is 0 Å². The monoisotopic (exact) mass is 276 g/mol. The van der Waals surface area contributed by atoms with Gasteiger partial charge in [0, 0.05) is 6.04 Å². The Morgan fingerprint density at radius 2 is 1.90 bits per heavy atom. The second-order valence-corrected chi connectivity index (χ2v) is 5.87. The van der Waals surface area contributed by atoms with E-state index in [4.69, 9.17) is 0 Å². The molecule has 2 atom stereocenters. The lowest BCUT2D eigenvalue weighted by molar-refractivity contribution is 0.153. The first-order valence-electron chi connectivity index (χ1n) is 7.88. The van der Waals surface area contributed by atoms with Gasteiger partial charge in [-0.2, -0.15) is 0 Å². The van der Waals surface area contributed by atoms with Gasteiger partial charge in [-0.05, 0) is 50.9 Å². The lowest BCUT2D eigenvalue weighted by Crippen LogP contribution is -2.43. The first kappa shape index (κ1) is 15.5. The van der Waals surface area contributed by atoms with Gasteiger partial charge in [-0.25, -0.2) is 0 Å². The number of benzene rings is 1. The van der Waals surface area contributed by atoms with E-state index in [9.17, 15) is 5.11 Å². The first-order valence-corrected chi connectivity index (χ1v) is 7.88. The van der Waals surface area contributed by atoms with Crippen LogP contribution in [0.4, 0.5) is 0 Å². The molecular weight excluding hydrogens is 248 g/mol. The van der Waals surface area contributed by atoms with Crippen LogP contribution in [0.1, 0.15) is 38.3 Å². The Bertz CT molecular complexity index is 374. The van der Waals surface area contributed by atoms with Crippen LogP contribution in [-0.2, 0) is 0 Å². The van der Waals surface area contributed by atoms with Crippen molar-refractivity contribution in [2.45, 2.75) is 38.8 Å². The molecule has 0 saturated carbocycles. The summed E-state index contributed by atoms with van der Waals surface area (Å²) < 4.78 is 0. The average molecular weight is 276 g/mol. The van der Waals surface area contributed by atoms with Gasteiger partial charge in [0.05, 0.1) is 12.6 Å². The first-order chi connectivity index (χ1) is 9.74. The molecule has 1 aromatic rings. The number of piperidine rings is 1. The molecule has 0 aromatic heterocycles. The molecule has 0 bridgehead atoms. The van der Waals surface area contributed by atoms with Crippen LogP contribution in [-0.4, -0.2) is 42.3 Å². The molecule has 1 aromatic carbocycles. The predicted octanol–water partition coefficient (Wildman–Crippen LogP) is 2.43. The molecule has 2 unspecified atom stereocenters. The normalized spacial score (nSPS) is 20.8. The summed E-state index contributed by atoms with van der Waals surface area (Å²) in [4.78, 5) is 2.52. The van der Waals surface area contributed by atoms with Gasteiger partial charge in [0.15, 0.2) is 0 Å². The molecular formula is C17H28N2O. The van der Waals surface area contributed by atoms with Crippen LogP contribution in [0.2, 0.25) is 0 Å². The molecule has 3 nitrogen and oxygen atoms in total. The Balaban J connectivity index is 1.88. The molecule has 1 heterocycles. The van der Waals surface area contributed by atoms with Crippen molar-refractivity contribution in [3.63, 3.8) is 0 Å². The van der Waals surface area contributed by atoms with E-state index in [0.29, 0.717) is 6.04 Å². The Kier molecular flexibility index (Phi) is 6.02. The maximum Gasteiger partial charge on any atom is 0.0626 e. The molecule has 0 amide bonds. The third-order valence-electron chi connectivity index (χ3n) is 4.64. The third kappa shape index (κ3) is 4.05. The number of hydrogen-bond acceptors (Lipinski definition) is 3. The van der Waals surface area contributed by atoms with E-state index in [0.717, 1.165) is 12.5 Å². The van der Waals surface area contributed by atoms with Crippen molar-refractivity contribution >= 4 is 0 Å². The van der Waals surface area contributed by atoms with Gasteiger partial charge in [-0.15, -0.1) is 0 Å². The highest BCUT2D eigenvalue weighted by Crippen LogP contribution is 2.23. The van der Waals surface area contributed by atoms with Crippen molar-refractivity contribution < 1.29 is 5.11 Å². The Morgan fingerprint density at radius 3 is 2.45 bits per heavy atom. The van der Waals surface area contributed by atoms with Crippen molar-refractivity contribution in [2.24, 2.45) is 5.92 Å². The van der Waals surface area contributed by atoms with Gasteiger partial charge in [0.25, 0.3) is 0 Å². The number of rotatable bonds is 6. The molecule has 1 aliphatic rings. The Morgan fingerprint density at radius 1 is 1.25 bits per heavy atom. The van der Waals surface area contributed by atoms with Crippen LogP contribution in [0.25, 0.3) is 0 Å². The van der Waals surface area contributed by atoms with Gasteiger partial charge in [-0.1, -0.05) is 37.3 Å². The van der Waals surface area contributed by atoms with Crippen LogP contribution in [0.3, 0.4) is 0 Å². The maximum absolute atomic E-state index is 9.64. The van der Waals surface area contributed by atoms with E-state index >= 15 is 0 Å². The van der Waals surface area contributed by atoms with Crippen LogP contribution < -0.4 is 5.32 Å². The van der Waals surface area contributed by atoms with Gasteiger partial charge in [0.1, 0.15) is 0 Å². The highest BCUT2D eigenvalue weighted by atomic mass is 16.3. The highest BCUT2D eigenvalue weighted by Gasteiger charge is 2.25. The third-order valence-corrected chi connectivity index (χ3v) is 4.64. The molecule has 2 N–H and O–H groups in total. The quantitative estimate of drug-likeness (QED) is 0.837. The van der Waals surface area contributed by atoms with E-state index in [1.54, 1.807) is 0 Å². The van der Waals surface area contributed by atoms with Gasteiger partial charge in [0.2, 0.25) is 0 Å². The molecule has 3 heteroatoms. The van der Waals surface area contributed by atoms with Crippen molar-refractivity contribution in [1.29, 1.82) is 0 Å². The molecule has 1 saturated heterocycles. The lowest BCUT2D eigenvalue weighted by Gasteiger charge is -2.36. The number of nitrogens with zero attached hydrogens (tertiary/aromatic N) is 1. The standard InChI is InChI=1S/C17H28N2O/c1-3-19-11-9-15(10-12-19)14(2)18-17(13-20)16-7-5-4-6-8-16/h4-8,14-15,17-18,20H,3,9-13H2,1-2H3. The van der Waals surface area contributed by atoms with Crippen molar-refractivity contribution in [3.8, 4) is 0 Å². The van der Waals surface area contributed by atoms with Gasteiger partial charge in [-0.3, -0.25) is 0 Å². The van der Waals surface area contributed by atoms with Gasteiger partial charge < -0.3 is 15.3 Å². The number of aliphatic hydroxyl groups is 1. The minimum absolute atomic E-state index is 0.0513. The topological polar surface area (TPSA) is 35.5 Å². The molecule has 0 spiro atoms. The summed E-state index contributed by atoms with van der Waals surface area (Å²) in [5.41, 5.74) is 1.17. The average Bonchev–Trinajstić information content (AvgIpc) is 2.53. The fraction of sp³-hybridized carbons (Fsp3) is 0.647. The van der Waals surface area contributed by atoms with E-state index in [2.05, 4.69) is 36.2 Å². The summed E-state index contributed by atoms with van der Waals surface area (Å²) in [5.74, 6) is 0.718. The number of nitrogens with one attached hydrogen (secondary N) is 1. The minimum atomic E-state index is 0.0513. The Labute approximate surface area is 123 Å². The molecule has 0 aliphatic carbocycles. The van der Waals surface area contributed by atoms with Crippen molar-refractivity contribution in [2.75, 3.05) is 26.2 Å². The largest absolute Gasteiger partial charge is 0.394 e. The summed E-state index contributed by atoms with van der Waals surface area (Å²) in [6.07, 6.45) is 2.52. The minimum Gasteiger partial charge on any atom is -0.394 e. The van der Waals surface area contributed by atoms with E-state index in [-0.39, 0.29) is 12.6 Å². The van der Waals surface area contributed by atoms with E-state index in [1.165, 1.54) is 31.5 Å². The molecule has 2 rings (SSSR count). The summed E-state index contributed by atoms with van der Waals surface area (Å²) in [7, 11) is 0. The molecule has 20 heavy (non-hydrogen) atoms. The van der Waals surface area contributed by atoms with Crippen LogP contribution in [0.5, 0.6) is 0 Å². The molecule has 1 fully saturated rings. The predicted molar refractivity (Wildman–Crippen MR) is 83.7 cm³/mol. The second-order valence-electron chi connectivity index (χ2n) is 5.87. The molecule has 0 radical (unpaired) electrons. The zero-order chi connectivity index (χ0) is 14.4. The van der Waals surface area contributed by atoms with Crippen molar-refractivity contribution in [1.82, 2.24) is 10.2 Å². The zero-order valence-electron chi connectivity index (χ0n) is 12.8.